The minimum Gasteiger partial charge on any atom is -0.0813 e. The summed E-state index contributed by atoms with van der Waals surface area (Å²) in [5.41, 5.74) is 0. The van der Waals surface area contributed by atoms with E-state index in [9.17, 15) is 0 Å². The molecule has 0 aliphatic heterocycles. The van der Waals surface area contributed by atoms with Crippen molar-refractivity contribution in [3.63, 3.8) is 0 Å². The Hall–Kier alpha value is 0.0649. The second-order valence-corrected chi connectivity index (χ2v) is 1.000. The van der Waals surface area contributed by atoms with Gasteiger partial charge in [0.1, 0.15) is 7.85 Å². The van der Waals surface area contributed by atoms with Crippen molar-refractivity contribution in [2.24, 2.45) is 0 Å². The maximum atomic E-state index is 2.18. The van der Waals surface area contributed by atoms with Crippen LogP contribution in [0, 0.1) is 0 Å². The molecule has 0 heterocycles. The van der Waals surface area contributed by atoms with Crippen molar-refractivity contribution in [3.8, 4) is 0 Å². The summed E-state index contributed by atoms with van der Waals surface area (Å²) in [5.74, 6) is 0. The first-order valence-corrected chi connectivity index (χ1v) is 1.91. The Kier molecular flexibility index (Phi) is 3.11. The Morgan fingerprint density at radius 1 is 1.75 bits per heavy atom. The minimum absolute atomic E-state index is 1.32. The van der Waals surface area contributed by atoms with E-state index < -0.39 is 0 Å². The maximum Gasteiger partial charge on any atom is 0.101 e. The molecule has 4 heavy (non-hydrogen) atoms. The lowest BCUT2D eigenvalue weighted by atomic mass is 10.0. The largest absolute Gasteiger partial charge is 0.101 e. The van der Waals surface area contributed by atoms with Crippen molar-refractivity contribution >= 4 is 7.85 Å². The molecule has 0 aromatic heterocycles. The van der Waals surface area contributed by atoms with Crippen LogP contribution in [0.4, 0.5) is 0 Å². The van der Waals surface area contributed by atoms with Gasteiger partial charge in [-0.15, -0.1) is 0 Å². The van der Waals surface area contributed by atoms with E-state index in [0.717, 1.165) is 0 Å². The summed E-state index contributed by atoms with van der Waals surface area (Å²) in [6.45, 7) is 2.18. The summed E-state index contributed by atoms with van der Waals surface area (Å²) in [6.07, 6.45) is 2.64. The highest BCUT2D eigenvalue weighted by atomic mass is 13.5. The van der Waals surface area contributed by atoms with Crippen molar-refractivity contribution in [2.75, 3.05) is 0 Å². The Labute approximate surface area is 28.6 Å². The molecular weight excluding hydrogens is 46.8 g/mol. The van der Waals surface area contributed by atoms with Gasteiger partial charge in [0.15, 0.2) is 0 Å². The van der Waals surface area contributed by atoms with E-state index in [4.69, 9.17) is 0 Å². The molecule has 1 heteroatoms. The predicted molar refractivity (Wildman–Crippen MR) is 23.6 cm³/mol. The number of hydrogen-bond donors (Lipinski definition) is 0. The van der Waals surface area contributed by atoms with E-state index in [2.05, 4.69) is 14.8 Å². The molecule has 0 aliphatic rings. The zero-order valence-corrected chi connectivity index (χ0v) is 3.41. The van der Waals surface area contributed by atoms with Gasteiger partial charge in [0, 0.05) is 0 Å². The van der Waals surface area contributed by atoms with Crippen LogP contribution in [-0.4, -0.2) is 7.85 Å². The first-order valence-electron chi connectivity index (χ1n) is 1.91. The van der Waals surface area contributed by atoms with E-state index in [-0.39, 0.29) is 0 Å². The molecular formula is C3H9B. The van der Waals surface area contributed by atoms with Crippen LogP contribution < -0.4 is 0 Å². The Morgan fingerprint density at radius 2 is 2.00 bits per heavy atom. The fourth-order valence-electron chi connectivity index (χ4n) is 0. The molecule has 24 valence electrons. The van der Waals surface area contributed by atoms with E-state index in [1.807, 2.05) is 0 Å². The molecule has 0 aromatic rings. The highest BCUT2D eigenvalue weighted by molar-refractivity contribution is 6.08. The monoisotopic (exact) mass is 56.1 g/mol. The fourth-order valence-corrected chi connectivity index (χ4v) is 0. The van der Waals surface area contributed by atoms with Crippen molar-refractivity contribution in [1.29, 1.82) is 0 Å². The van der Waals surface area contributed by atoms with Gasteiger partial charge in [-0.1, -0.05) is 19.7 Å². The van der Waals surface area contributed by atoms with Crippen molar-refractivity contribution in [2.45, 2.75) is 19.7 Å². The average molecular weight is 55.9 g/mol. The van der Waals surface area contributed by atoms with E-state index >= 15 is 0 Å². The van der Waals surface area contributed by atoms with Gasteiger partial charge < -0.3 is 0 Å². The van der Waals surface area contributed by atoms with Gasteiger partial charge in [0.2, 0.25) is 0 Å². The van der Waals surface area contributed by atoms with Gasteiger partial charge in [-0.25, -0.2) is 0 Å². The second-order valence-electron chi connectivity index (χ2n) is 1.000. The van der Waals surface area contributed by atoms with Crippen molar-refractivity contribution in [1.82, 2.24) is 0 Å². The molecule has 0 saturated carbocycles. The normalized spacial score (nSPS) is 7.25. The van der Waals surface area contributed by atoms with Crippen LogP contribution in [0.5, 0.6) is 0 Å². The molecule has 0 radical (unpaired) electrons. The molecule has 0 nitrogen and oxygen atoms in total. The van der Waals surface area contributed by atoms with Crippen LogP contribution in [0.1, 0.15) is 13.3 Å². The lowest BCUT2D eigenvalue weighted by molar-refractivity contribution is 1.08. The quantitative estimate of drug-likeness (QED) is 0.382. The van der Waals surface area contributed by atoms with E-state index in [0.29, 0.717) is 0 Å². The first kappa shape index (κ1) is 4.06. The summed E-state index contributed by atoms with van der Waals surface area (Å²) >= 11 is 0. The Morgan fingerprint density at radius 3 is 2.00 bits per heavy atom. The molecule has 0 spiro atoms. The third-order valence-corrected chi connectivity index (χ3v) is 0.500. The van der Waals surface area contributed by atoms with Crippen LogP contribution in [0.25, 0.3) is 0 Å². The Balaban J connectivity index is 1.97. The molecule has 0 aromatic carbocycles. The van der Waals surface area contributed by atoms with Gasteiger partial charge in [0.05, 0.1) is 0 Å². The van der Waals surface area contributed by atoms with Crippen LogP contribution in [0.2, 0.25) is 6.32 Å². The van der Waals surface area contributed by atoms with Crippen molar-refractivity contribution < 1.29 is 0 Å². The lowest BCUT2D eigenvalue weighted by Crippen LogP contribution is -1.55. The maximum absolute atomic E-state index is 2.18. The summed E-state index contributed by atoms with van der Waals surface area (Å²) in [7, 11) is 2.18. The van der Waals surface area contributed by atoms with Crippen LogP contribution in [-0.2, 0) is 0 Å². The third-order valence-electron chi connectivity index (χ3n) is 0.500. The molecule has 0 fully saturated rings. The summed E-state index contributed by atoms with van der Waals surface area (Å²) in [5, 5.41) is 0. The van der Waals surface area contributed by atoms with Gasteiger partial charge in [-0.2, -0.15) is 0 Å². The topological polar surface area (TPSA) is 0 Å². The summed E-state index contributed by atoms with van der Waals surface area (Å²) < 4.78 is 0. The number of rotatable bonds is 1. The first-order chi connectivity index (χ1) is 1.91. The molecule has 0 N–H and O–H groups in total. The highest BCUT2D eigenvalue weighted by Crippen LogP contribution is 1.73. The SMILES string of the molecule is BCCC. The second kappa shape index (κ2) is 3.06. The fraction of sp³-hybridized carbons (Fsp3) is 1.00. The molecule has 0 unspecified atom stereocenters. The smallest absolute Gasteiger partial charge is 0.0813 e. The molecule has 0 amide bonds. The molecule has 0 rings (SSSR count). The van der Waals surface area contributed by atoms with Crippen LogP contribution in [0.15, 0.2) is 0 Å². The van der Waals surface area contributed by atoms with E-state index in [1.54, 1.807) is 0 Å². The van der Waals surface area contributed by atoms with Crippen molar-refractivity contribution in [3.05, 3.63) is 0 Å². The lowest BCUT2D eigenvalue weighted by Gasteiger charge is -1.67. The van der Waals surface area contributed by atoms with E-state index in [1.165, 1.54) is 12.7 Å². The van der Waals surface area contributed by atoms with Gasteiger partial charge >= 0.3 is 0 Å². The summed E-state index contributed by atoms with van der Waals surface area (Å²) in [6, 6.07) is 0. The van der Waals surface area contributed by atoms with Gasteiger partial charge in [0.25, 0.3) is 0 Å². The summed E-state index contributed by atoms with van der Waals surface area (Å²) in [4.78, 5) is 0. The van der Waals surface area contributed by atoms with Crippen LogP contribution >= 0.6 is 0 Å². The average Bonchev–Trinajstić information content (AvgIpc) is 1.37. The van der Waals surface area contributed by atoms with Gasteiger partial charge in [-0.3, -0.25) is 0 Å². The third kappa shape index (κ3) is 2.06. The molecule has 0 atom stereocenters. The molecule has 0 aliphatic carbocycles. The zero-order chi connectivity index (χ0) is 3.41. The molecule has 0 saturated heterocycles. The Bertz CT molecular complexity index is 5.25. The standard InChI is InChI=1S/C3H9B/c1-2-3-4/h2-4H2,1H3. The highest BCUT2D eigenvalue weighted by Gasteiger charge is 1.57. The predicted octanol–water partition coefficient (Wildman–Crippen LogP) is 0.448. The molecule has 0 bridgehead atoms. The number of hydrogen-bond acceptors (Lipinski definition) is 0. The van der Waals surface area contributed by atoms with Crippen LogP contribution in [0.3, 0.4) is 0 Å². The zero-order valence-electron chi connectivity index (χ0n) is 3.41. The van der Waals surface area contributed by atoms with Gasteiger partial charge in [-0.05, 0) is 0 Å². The minimum atomic E-state index is 1.32.